The van der Waals surface area contributed by atoms with Crippen LogP contribution in [0.25, 0.3) is 0 Å². The lowest BCUT2D eigenvalue weighted by atomic mass is 10.0. The topological polar surface area (TPSA) is 48.2 Å². The molecule has 0 saturated heterocycles. The summed E-state index contributed by atoms with van der Waals surface area (Å²) in [6.07, 6.45) is 6.21. The van der Waals surface area contributed by atoms with Crippen molar-refractivity contribution in [3.8, 4) is 0 Å². The monoisotopic (exact) mass is 222 g/mol. The quantitative estimate of drug-likeness (QED) is 0.783. The highest BCUT2D eigenvalue weighted by Crippen LogP contribution is 2.60. The number of nitrogens with zero attached hydrogens (tertiary/aromatic N) is 2. The molecule has 4 heteroatoms. The van der Waals surface area contributed by atoms with Crippen molar-refractivity contribution in [2.45, 2.75) is 38.0 Å². The van der Waals surface area contributed by atoms with Gasteiger partial charge in [0.25, 0.3) is 0 Å². The number of fused-ring (bicyclic) bond motifs is 1. The molecular weight excluding hydrogens is 204 g/mol. The first-order chi connectivity index (χ1) is 7.90. The van der Waals surface area contributed by atoms with E-state index in [2.05, 4.69) is 10.1 Å². The SMILES string of the molecule is COCCc1noc(C2[C@@H]3CCCC[C@@H]23)n1. The van der Waals surface area contributed by atoms with Crippen LogP contribution in [-0.2, 0) is 11.2 Å². The van der Waals surface area contributed by atoms with Crippen molar-refractivity contribution in [2.24, 2.45) is 11.8 Å². The third-order valence-electron chi connectivity index (χ3n) is 3.96. The highest BCUT2D eigenvalue weighted by molar-refractivity contribution is 5.14. The van der Waals surface area contributed by atoms with Crippen LogP contribution in [0.4, 0.5) is 0 Å². The third kappa shape index (κ3) is 1.75. The van der Waals surface area contributed by atoms with Crippen LogP contribution in [0.1, 0.15) is 43.3 Å². The van der Waals surface area contributed by atoms with Crippen LogP contribution >= 0.6 is 0 Å². The van der Waals surface area contributed by atoms with Gasteiger partial charge in [-0.05, 0) is 24.7 Å². The lowest BCUT2D eigenvalue weighted by Gasteiger charge is -2.04. The molecule has 3 rings (SSSR count). The summed E-state index contributed by atoms with van der Waals surface area (Å²) in [5.41, 5.74) is 0. The van der Waals surface area contributed by atoms with Gasteiger partial charge < -0.3 is 9.26 Å². The maximum atomic E-state index is 5.36. The largest absolute Gasteiger partial charge is 0.384 e. The van der Waals surface area contributed by atoms with Gasteiger partial charge in [-0.25, -0.2) is 0 Å². The number of hydrogen-bond acceptors (Lipinski definition) is 4. The first-order valence-corrected chi connectivity index (χ1v) is 6.21. The molecule has 88 valence electrons. The van der Waals surface area contributed by atoms with Gasteiger partial charge in [0.1, 0.15) is 0 Å². The third-order valence-corrected chi connectivity index (χ3v) is 3.96. The van der Waals surface area contributed by atoms with Crippen LogP contribution < -0.4 is 0 Å². The Morgan fingerprint density at radius 2 is 2.06 bits per heavy atom. The van der Waals surface area contributed by atoms with E-state index >= 15 is 0 Å². The summed E-state index contributed by atoms with van der Waals surface area (Å²) in [7, 11) is 1.69. The molecule has 0 radical (unpaired) electrons. The van der Waals surface area contributed by atoms with Gasteiger partial charge in [0, 0.05) is 19.4 Å². The maximum Gasteiger partial charge on any atom is 0.230 e. The van der Waals surface area contributed by atoms with E-state index in [4.69, 9.17) is 9.26 Å². The van der Waals surface area contributed by atoms with Gasteiger partial charge in [-0.15, -0.1) is 0 Å². The average molecular weight is 222 g/mol. The Morgan fingerprint density at radius 1 is 1.31 bits per heavy atom. The first kappa shape index (κ1) is 10.3. The summed E-state index contributed by atoms with van der Waals surface area (Å²) >= 11 is 0. The minimum Gasteiger partial charge on any atom is -0.384 e. The Balaban J connectivity index is 1.64. The van der Waals surface area contributed by atoms with Crippen molar-refractivity contribution >= 4 is 0 Å². The van der Waals surface area contributed by atoms with Gasteiger partial charge in [0.2, 0.25) is 5.89 Å². The zero-order valence-corrected chi connectivity index (χ0v) is 9.69. The normalized spacial score (nSPS) is 32.4. The molecular formula is C12H18N2O2. The Labute approximate surface area is 95.4 Å². The van der Waals surface area contributed by atoms with E-state index in [1.807, 2.05) is 0 Å². The fourth-order valence-electron chi connectivity index (χ4n) is 3.06. The van der Waals surface area contributed by atoms with Crippen molar-refractivity contribution in [1.82, 2.24) is 10.1 Å². The van der Waals surface area contributed by atoms with E-state index in [-0.39, 0.29) is 0 Å². The molecule has 2 fully saturated rings. The molecule has 16 heavy (non-hydrogen) atoms. The standard InChI is InChI=1S/C12H18N2O2/c1-15-7-6-10-13-12(16-14-10)11-8-4-2-3-5-9(8)11/h8-9,11H,2-7H2,1H3/t8-,9-/m1/s1. The minimum absolute atomic E-state index is 0.575. The lowest BCUT2D eigenvalue weighted by molar-refractivity contribution is 0.199. The maximum absolute atomic E-state index is 5.36. The van der Waals surface area contributed by atoms with Crippen molar-refractivity contribution in [3.05, 3.63) is 11.7 Å². The van der Waals surface area contributed by atoms with Crippen molar-refractivity contribution in [2.75, 3.05) is 13.7 Å². The Hall–Kier alpha value is -0.900. The molecule has 1 heterocycles. The molecule has 0 amide bonds. The van der Waals surface area contributed by atoms with Crippen LogP contribution in [0.5, 0.6) is 0 Å². The fourth-order valence-corrected chi connectivity index (χ4v) is 3.06. The van der Waals surface area contributed by atoms with Crippen LogP contribution in [-0.4, -0.2) is 23.9 Å². The molecule has 0 aromatic carbocycles. The second kappa shape index (κ2) is 4.17. The zero-order chi connectivity index (χ0) is 11.0. The van der Waals surface area contributed by atoms with E-state index < -0.39 is 0 Å². The molecule has 2 aliphatic rings. The number of aromatic nitrogens is 2. The van der Waals surface area contributed by atoms with E-state index in [1.54, 1.807) is 7.11 Å². The molecule has 0 bridgehead atoms. The van der Waals surface area contributed by atoms with Gasteiger partial charge in [0.15, 0.2) is 5.82 Å². The summed E-state index contributed by atoms with van der Waals surface area (Å²) in [5, 5.41) is 4.01. The van der Waals surface area contributed by atoms with Crippen LogP contribution in [0, 0.1) is 11.8 Å². The van der Waals surface area contributed by atoms with Gasteiger partial charge in [-0.3, -0.25) is 0 Å². The lowest BCUT2D eigenvalue weighted by Crippen LogP contribution is -1.96. The molecule has 2 aliphatic carbocycles. The molecule has 1 aromatic heterocycles. The van der Waals surface area contributed by atoms with Gasteiger partial charge in [0.05, 0.1) is 6.61 Å². The van der Waals surface area contributed by atoms with Gasteiger partial charge >= 0.3 is 0 Å². The predicted molar refractivity (Wildman–Crippen MR) is 58.1 cm³/mol. The molecule has 0 N–H and O–H groups in total. The summed E-state index contributed by atoms with van der Waals surface area (Å²) in [6.45, 7) is 0.663. The second-order valence-electron chi connectivity index (χ2n) is 4.93. The number of hydrogen-bond donors (Lipinski definition) is 0. The van der Waals surface area contributed by atoms with E-state index in [0.717, 1.165) is 30.0 Å². The molecule has 2 atom stereocenters. The van der Waals surface area contributed by atoms with E-state index in [9.17, 15) is 0 Å². The van der Waals surface area contributed by atoms with Crippen molar-refractivity contribution in [1.29, 1.82) is 0 Å². The molecule has 4 nitrogen and oxygen atoms in total. The summed E-state index contributed by atoms with van der Waals surface area (Å²) in [4.78, 5) is 4.48. The second-order valence-corrected chi connectivity index (χ2v) is 4.93. The average Bonchev–Trinajstić information content (AvgIpc) is 2.87. The minimum atomic E-state index is 0.575. The molecule has 0 aliphatic heterocycles. The van der Waals surface area contributed by atoms with Gasteiger partial charge in [-0.2, -0.15) is 4.98 Å². The summed E-state index contributed by atoms with van der Waals surface area (Å²) in [6, 6.07) is 0. The number of methoxy groups -OCH3 is 1. The molecule has 2 saturated carbocycles. The summed E-state index contributed by atoms with van der Waals surface area (Å²) < 4.78 is 10.4. The van der Waals surface area contributed by atoms with Crippen molar-refractivity contribution in [3.63, 3.8) is 0 Å². The zero-order valence-electron chi connectivity index (χ0n) is 9.69. The Morgan fingerprint density at radius 3 is 2.75 bits per heavy atom. The molecule has 0 unspecified atom stereocenters. The Bertz CT molecular complexity index is 352. The fraction of sp³-hybridized carbons (Fsp3) is 0.833. The number of ether oxygens (including phenoxy) is 1. The highest BCUT2D eigenvalue weighted by atomic mass is 16.5. The molecule has 0 spiro atoms. The highest BCUT2D eigenvalue weighted by Gasteiger charge is 2.54. The van der Waals surface area contributed by atoms with Crippen LogP contribution in [0.2, 0.25) is 0 Å². The predicted octanol–water partition coefficient (Wildman–Crippen LogP) is 2.16. The van der Waals surface area contributed by atoms with Crippen molar-refractivity contribution < 1.29 is 9.26 Å². The smallest absolute Gasteiger partial charge is 0.230 e. The Kier molecular flexibility index (Phi) is 2.67. The molecule has 1 aromatic rings. The van der Waals surface area contributed by atoms with Crippen LogP contribution in [0.3, 0.4) is 0 Å². The number of rotatable bonds is 4. The van der Waals surface area contributed by atoms with E-state index in [1.165, 1.54) is 25.7 Å². The first-order valence-electron chi connectivity index (χ1n) is 6.21. The summed E-state index contributed by atoms with van der Waals surface area (Å²) in [5.74, 6) is 3.92. The van der Waals surface area contributed by atoms with Gasteiger partial charge in [-0.1, -0.05) is 18.0 Å². The van der Waals surface area contributed by atoms with E-state index in [0.29, 0.717) is 12.5 Å². The van der Waals surface area contributed by atoms with Crippen LogP contribution in [0.15, 0.2) is 4.52 Å².